The van der Waals surface area contributed by atoms with Crippen molar-refractivity contribution in [3.63, 3.8) is 0 Å². The van der Waals surface area contributed by atoms with Gasteiger partial charge in [-0.15, -0.1) is 0 Å². The topological polar surface area (TPSA) is 80.1 Å². The Balaban J connectivity index is 1.58. The molecule has 2 aromatic heterocycles. The Morgan fingerprint density at radius 1 is 1.18 bits per heavy atom. The molecule has 3 rings (SSSR count). The molecule has 2 heterocycles. The van der Waals surface area contributed by atoms with Gasteiger partial charge in [0.05, 0.1) is 12.1 Å². The van der Waals surface area contributed by atoms with Crippen LogP contribution in [0, 0.1) is 5.82 Å². The summed E-state index contributed by atoms with van der Waals surface area (Å²) in [6, 6.07) is 9.27. The molecule has 0 unspecified atom stereocenters. The maximum Gasteiger partial charge on any atom is 0.255 e. The Kier molecular flexibility index (Phi) is 6.11. The van der Waals surface area contributed by atoms with Crippen LogP contribution in [0.1, 0.15) is 22.8 Å². The van der Waals surface area contributed by atoms with E-state index in [9.17, 15) is 14.0 Å². The van der Waals surface area contributed by atoms with Gasteiger partial charge in [0.25, 0.3) is 5.91 Å². The highest BCUT2D eigenvalue weighted by Gasteiger charge is 2.17. The first-order valence-corrected chi connectivity index (χ1v) is 8.81. The molecule has 1 N–H and O–H groups in total. The van der Waals surface area contributed by atoms with Crippen LogP contribution in [-0.2, 0) is 11.3 Å². The lowest BCUT2D eigenvalue weighted by Gasteiger charge is -2.20. The molecular weight excluding hydrogens is 361 g/mol. The molecule has 0 aliphatic heterocycles. The molecule has 3 aromatic rings. The fourth-order valence-corrected chi connectivity index (χ4v) is 2.60. The second-order valence-electron chi connectivity index (χ2n) is 6.10. The molecule has 0 spiro atoms. The minimum Gasteiger partial charge on any atom is -0.350 e. The van der Waals surface area contributed by atoms with E-state index in [1.165, 1.54) is 23.2 Å². The molecule has 7 nitrogen and oxygen atoms in total. The average Bonchev–Trinajstić information content (AvgIpc) is 3.26. The SMILES string of the molecule is CCN(CC(=O)NCc1ccc(F)cc1)C(=O)c1ccc(-n2ccnc2)nc1. The van der Waals surface area contributed by atoms with Crippen molar-refractivity contribution in [2.45, 2.75) is 13.5 Å². The number of aromatic nitrogens is 3. The van der Waals surface area contributed by atoms with E-state index in [0.29, 0.717) is 17.9 Å². The lowest BCUT2D eigenvalue weighted by molar-refractivity contribution is -0.121. The monoisotopic (exact) mass is 381 g/mol. The summed E-state index contributed by atoms with van der Waals surface area (Å²) in [4.78, 5) is 34.5. The summed E-state index contributed by atoms with van der Waals surface area (Å²) >= 11 is 0. The van der Waals surface area contributed by atoms with Crippen LogP contribution in [0.25, 0.3) is 5.82 Å². The van der Waals surface area contributed by atoms with Crippen LogP contribution in [0.5, 0.6) is 0 Å². The van der Waals surface area contributed by atoms with Crippen LogP contribution in [0.15, 0.2) is 61.3 Å². The Bertz CT molecular complexity index is 924. The van der Waals surface area contributed by atoms with E-state index >= 15 is 0 Å². The first-order valence-electron chi connectivity index (χ1n) is 8.81. The van der Waals surface area contributed by atoms with E-state index in [1.807, 2.05) is 0 Å². The van der Waals surface area contributed by atoms with Gasteiger partial charge in [0.2, 0.25) is 5.91 Å². The number of pyridine rings is 1. The number of hydrogen-bond donors (Lipinski definition) is 1. The van der Waals surface area contributed by atoms with Crippen molar-refractivity contribution in [1.29, 1.82) is 0 Å². The summed E-state index contributed by atoms with van der Waals surface area (Å²) in [6.07, 6.45) is 6.50. The zero-order valence-corrected chi connectivity index (χ0v) is 15.4. The van der Waals surface area contributed by atoms with Gasteiger partial charge in [-0.25, -0.2) is 14.4 Å². The third kappa shape index (κ3) is 4.79. The normalized spacial score (nSPS) is 10.5. The summed E-state index contributed by atoms with van der Waals surface area (Å²) in [7, 11) is 0. The lowest BCUT2D eigenvalue weighted by Crippen LogP contribution is -2.40. The number of nitrogens with zero attached hydrogens (tertiary/aromatic N) is 4. The number of likely N-dealkylation sites (N-methyl/N-ethyl adjacent to an activating group) is 1. The maximum absolute atomic E-state index is 12.9. The van der Waals surface area contributed by atoms with Crippen LogP contribution < -0.4 is 5.32 Å². The minimum absolute atomic E-state index is 0.0696. The van der Waals surface area contributed by atoms with Crippen molar-refractivity contribution in [1.82, 2.24) is 24.8 Å². The van der Waals surface area contributed by atoms with Gasteiger partial charge in [0.15, 0.2) is 0 Å². The maximum atomic E-state index is 12.9. The summed E-state index contributed by atoms with van der Waals surface area (Å²) in [5.41, 5.74) is 1.18. The van der Waals surface area contributed by atoms with Crippen LogP contribution in [0.3, 0.4) is 0 Å². The zero-order chi connectivity index (χ0) is 19.9. The number of hydrogen-bond acceptors (Lipinski definition) is 4. The number of nitrogens with one attached hydrogen (secondary N) is 1. The van der Waals surface area contributed by atoms with Crippen LogP contribution in [-0.4, -0.2) is 44.3 Å². The highest BCUT2D eigenvalue weighted by Crippen LogP contribution is 2.08. The quantitative estimate of drug-likeness (QED) is 0.680. The van der Waals surface area contributed by atoms with Crippen molar-refractivity contribution in [2.75, 3.05) is 13.1 Å². The third-order valence-electron chi connectivity index (χ3n) is 4.17. The number of halogens is 1. The molecule has 0 fully saturated rings. The molecule has 0 bridgehead atoms. The lowest BCUT2D eigenvalue weighted by atomic mass is 10.2. The molecule has 0 aliphatic carbocycles. The van der Waals surface area contributed by atoms with E-state index in [0.717, 1.165) is 5.56 Å². The van der Waals surface area contributed by atoms with Crippen LogP contribution in [0.4, 0.5) is 4.39 Å². The summed E-state index contributed by atoms with van der Waals surface area (Å²) in [6.45, 7) is 2.39. The van der Waals surface area contributed by atoms with Gasteiger partial charge < -0.3 is 10.2 Å². The highest BCUT2D eigenvalue weighted by atomic mass is 19.1. The largest absolute Gasteiger partial charge is 0.350 e. The number of imidazole rings is 1. The van der Waals surface area contributed by atoms with Gasteiger partial charge >= 0.3 is 0 Å². The zero-order valence-electron chi connectivity index (χ0n) is 15.4. The first-order chi connectivity index (χ1) is 13.6. The average molecular weight is 381 g/mol. The van der Waals surface area contributed by atoms with Crippen molar-refractivity contribution < 1.29 is 14.0 Å². The molecule has 2 amide bonds. The molecule has 28 heavy (non-hydrogen) atoms. The van der Waals surface area contributed by atoms with E-state index in [4.69, 9.17) is 0 Å². The number of carbonyl (C=O) groups excluding carboxylic acids is 2. The Hall–Kier alpha value is -3.55. The van der Waals surface area contributed by atoms with Crippen LogP contribution in [0.2, 0.25) is 0 Å². The number of rotatable bonds is 7. The van der Waals surface area contributed by atoms with E-state index in [1.54, 1.807) is 54.5 Å². The third-order valence-corrected chi connectivity index (χ3v) is 4.17. The van der Waals surface area contributed by atoms with Crippen molar-refractivity contribution in [3.8, 4) is 5.82 Å². The van der Waals surface area contributed by atoms with Gasteiger partial charge in [-0.05, 0) is 36.8 Å². The van der Waals surface area contributed by atoms with Crippen molar-refractivity contribution in [3.05, 3.63) is 78.3 Å². The molecule has 144 valence electrons. The fourth-order valence-electron chi connectivity index (χ4n) is 2.60. The Morgan fingerprint density at radius 3 is 2.57 bits per heavy atom. The summed E-state index contributed by atoms with van der Waals surface area (Å²) in [5.74, 6) is -0.244. The van der Waals surface area contributed by atoms with Crippen molar-refractivity contribution >= 4 is 11.8 Å². The predicted octanol–water partition coefficient (Wildman–Crippen LogP) is 2.18. The number of carbonyl (C=O) groups is 2. The summed E-state index contributed by atoms with van der Waals surface area (Å²) < 4.78 is 14.6. The molecule has 1 aromatic carbocycles. The molecular formula is C20H20FN5O2. The smallest absolute Gasteiger partial charge is 0.255 e. The van der Waals surface area contributed by atoms with Gasteiger partial charge in [-0.3, -0.25) is 14.2 Å². The minimum atomic E-state index is -0.328. The number of benzene rings is 1. The van der Waals surface area contributed by atoms with Gasteiger partial charge in [-0.2, -0.15) is 0 Å². The summed E-state index contributed by atoms with van der Waals surface area (Å²) in [5, 5.41) is 2.74. The molecule has 0 saturated carbocycles. The Morgan fingerprint density at radius 2 is 1.96 bits per heavy atom. The molecule has 8 heteroatoms. The number of amides is 2. The molecule has 0 atom stereocenters. The van der Waals surface area contributed by atoms with E-state index in [-0.39, 0.29) is 30.7 Å². The van der Waals surface area contributed by atoms with E-state index in [2.05, 4.69) is 15.3 Å². The van der Waals surface area contributed by atoms with Crippen molar-refractivity contribution in [2.24, 2.45) is 0 Å². The standard InChI is InChI=1S/C20H20FN5O2/c1-2-25(13-19(27)24-11-15-3-6-17(21)7-4-15)20(28)16-5-8-18(23-12-16)26-10-9-22-14-26/h3-10,12,14H,2,11,13H2,1H3,(H,24,27). The predicted molar refractivity (Wildman–Crippen MR) is 101 cm³/mol. The van der Waals surface area contributed by atoms with Gasteiger partial charge in [0, 0.05) is 31.7 Å². The highest BCUT2D eigenvalue weighted by molar-refractivity contribution is 5.96. The fraction of sp³-hybridized carbons (Fsp3) is 0.200. The molecule has 0 saturated heterocycles. The Labute approximate surface area is 161 Å². The van der Waals surface area contributed by atoms with Gasteiger partial charge in [-0.1, -0.05) is 12.1 Å². The molecule has 0 aliphatic rings. The second-order valence-corrected chi connectivity index (χ2v) is 6.10. The first kappa shape index (κ1) is 19.2. The van der Waals surface area contributed by atoms with E-state index < -0.39 is 0 Å². The van der Waals surface area contributed by atoms with Crippen LogP contribution >= 0.6 is 0 Å². The second kappa shape index (κ2) is 8.90. The molecule has 0 radical (unpaired) electrons. The van der Waals surface area contributed by atoms with Gasteiger partial charge in [0.1, 0.15) is 18.0 Å².